The molecule has 3 heterocycles. The summed E-state index contributed by atoms with van der Waals surface area (Å²) in [6.07, 6.45) is 9.43. The number of hydrogen-bond acceptors (Lipinski definition) is 4. The third-order valence-corrected chi connectivity index (χ3v) is 9.92. The van der Waals surface area contributed by atoms with Crippen LogP contribution in [0.5, 0.6) is 5.75 Å². The maximum atomic E-state index is 14.1. The van der Waals surface area contributed by atoms with Gasteiger partial charge in [0.1, 0.15) is 11.9 Å². The molecule has 7 rings (SSSR count). The summed E-state index contributed by atoms with van der Waals surface area (Å²) in [5, 5.41) is 0. The molecule has 6 aliphatic rings. The van der Waals surface area contributed by atoms with Gasteiger partial charge in [0.25, 0.3) is 5.91 Å². The van der Waals surface area contributed by atoms with Crippen LogP contribution in [0, 0.1) is 10.8 Å². The van der Waals surface area contributed by atoms with E-state index in [1.807, 2.05) is 0 Å². The number of amides is 1. The Morgan fingerprint density at radius 3 is 2.38 bits per heavy atom. The number of halogens is 1. The van der Waals surface area contributed by atoms with E-state index in [4.69, 9.17) is 9.47 Å². The molecular formula is C28H37FN2O3. The molecule has 2 spiro atoms. The van der Waals surface area contributed by atoms with E-state index < -0.39 is 5.67 Å². The third kappa shape index (κ3) is 3.59. The van der Waals surface area contributed by atoms with Crippen molar-refractivity contribution in [2.75, 3.05) is 39.4 Å². The largest absolute Gasteiger partial charge is 0.490 e. The number of likely N-dealkylation sites (tertiary alicyclic amines) is 2. The topological polar surface area (TPSA) is 42.0 Å². The Balaban J connectivity index is 0.919. The molecule has 184 valence electrons. The van der Waals surface area contributed by atoms with Gasteiger partial charge in [0.15, 0.2) is 5.67 Å². The third-order valence-electron chi connectivity index (χ3n) is 9.92. The second-order valence-electron chi connectivity index (χ2n) is 12.5. The Labute approximate surface area is 201 Å². The summed E-state index contributed by atoms with van der Waals surface area (Å²) in [5.74, 6) is 1.43. The van der Waals surface area contributed by atoms with E-state index in [-0.39, 0.29) is 11.3 Å². The Kier molecular flexibility index (Phi) is 4.87. The van der Waals surface area contributed by atoms with Crippen molar-refractivity contribution in [1.82, 2.24) is 9.80 Å². The first-order valence-corrected chi connectivity index (χ1v) is 13.5. The molecule has 1 aromatic rings. The van der Waals surface area contributed by atoms with Gasteiger partial charge in [-0.05, 0) is 88.4 Å². The predicted molar refractivity (Wildman–Crippen MR) is 127 cm³/mol. The molecule has 1 amide bonds. The summed E-state index contributed by atoms with van der Waals surface area (Å²) in [6, 6.07) is 9.33. The van der Waals surface area contributed by atoms with Gasteiger partial charge in [-0.3, -0.25) is 4.79 Å². The van der Waals surface area contributed by atoms with E-state index >= 15 is 0 Å². The molecule has 3 saturated heterocycles. The monoisotopic (exact) mass is 468 g/mol. The zero-order valence-corrected chi connectivity index (χ0v) is 20.1. The summed E-state index contributed by atoms with van der Waals surface area (Å²) in [5.41, 5.74) is 0.575. The molecule has 34 heavy (non-hydrogen) atoms. The van der Waals surface area contributed by atoms with Gasteiger partial charge in [-0.25, -0.2) is 4.39 Å². The minimum absolute atomic E-state index is 0.235. The molecule has 0 aromatic heterocycles. The van der Waals surface area contributed by atoms with E-state index in [1.165, 1.54) is 37.7 Å². The lowest BCUT2D eigenvalue weighted by atomic mass is 9.65. The number of carbonyl (C=O) groups excluding carboxylic acids is 1. The molecule has 3 aliphatic carbocycles. The van der Waals surface area contributed by atoms with Gasteiger partial charge in [0, 0.05) is 30.0 Å². The van der Waals surface area contributed by atoms with Gasteiger partial charge < -0.3 is 19.3 Å². The fourth-order valence-corrected chi connectivity index (χ4v) is 7.59. The Morgan fingerprint density at radius 2 is 1.71 bits per heavy atom. The normalized spacial score (nSPS) is 31.7. The van der Waals surface area contributed by atoms with Gasteiger partial charge in [-0.15, -0.1) is 0 Å². The molecule has 6 fully saturated rings. The molecule has 1 atom stereocenters. The van der Waals surface area contributed by atoms with Crippen LogP contribution in [-0.2, 0) is 9.53 Å². The predicted octanol–water partition coefficient (Wildman–Crippen LogP) is 4.31. The summed E-state index contributed by atoms with van der Waals surface area (Å²) in [7, 11) is 0. The van der Waals surface area contributed by atoms with Gasteiger partial charge in [-0.1, -0.05) is 18.2 Å². The minimum Gasteiger partial charge on any atom is -0.490 e. The van der Waals surface area contributed by atoms with Crippen LogP contribution in [0.15, 0.2) is 24.3 Å². The van der Waals surface area contributed by atoms with Gasteiger partial charge in [0.2, 0.25) is 0 Å². The Bertz CT molecular complexity index is 952. The van der Waals surface area contributed by atoms with Crippen molar-refractivity contribution in [3.8, 4) is 5.75 Å². The van der Waals surface area contributed by atoms with Gasteiger partial charge >= 0.3 is 0 Å². The molecule has 5 nitrogen and oxygen atoms in total. The SMILES string of the molecule is O=C(N1CC2(CC[C@@H](N3CCC(c4ccccc4OC4CC5(COC5)C4)CC3)C2)C1)C1(F)CC1. The fourth-order valence-electron chi connectivity index (χ4n) is 7.59. The van der Waals surface area contributed by atoms with Crippen molar-refractivity contribution in [3.63, 3.8) is 0 Å². The molecule has 3 saturated carbocycles. The molecule has 0 N–H and O–H groups in total. The lowest BCUT2D eigenvalue weighted by Gasteiger charge is -2.52. The number of alkyl halides is 1. The number of carbonyl (C=O) groups is 1. The zero-order valence-electron chi connectivity index (χ0n) is 20.1. The van der Waals surface area contributed by atoms with Crippen LogP contribution < -0.4 is 4.74 Å². The molecule has 3 aliphatic heterocycles. The quantitative estimate of drug-likeness (QED) is 0.646. The van der Waals surface area contributed by atoms with E-state index in [1.54, 1.807) is 4.90 Å². The van der Waals surface area contributed by atoms with Crippen LogP contribution in [0.3, 0.4) is 0 Å². The summed E-state index contributed by atoms with van der Waals surface area (Å²) in [6.45, 7) is 5.67. The highest BCUT2D eigenvalue weighted by molar-refractivity contribution is 5.88. The van der Waals surface area contributed by atoms with Crippen LogP contribution in [0.1, 0.15) is 69.3 Å². The first-order valence-electron chi connectivity index (χ1n) is 13.5. The molecule has 1 aromatic carbocycles. The van der Waals surface area contributed by atoms with Crippen LogP contribution >= 0.6 is 0 Å². The molecule has 0 unspecified atom stereocenters. The van der Waals surface area contributed by atoms with E-state index in [9.17, 15) is 9.18 Å². The highest BCUT2D eigenvalue weighted by Crippen LogP contribution is 2.52. The maximum Gasteiger partial charge on any atom is 0.260 e. The van der Waals surface area contributed by atoms with Crippen LogP contribution in [0.25, 0.3) is 0 Å². The van der Waals surface area contributed by atoms with E-state index in [2.05, 4.69) is 29.2 Å². The van der Waals surface area contributed by atoms with Crippen molar-refractivity contribution in [1.29, 1.82) is 0 Å². The van der Waals surface area contributed by atoms with Gasteiger partial charge in [0.05, 0.1) is 13.2 Å². The van der Waals surface area contributed by atoms with E-state index in [0.717, 1.165) is 58.0 Å². The van der Waals surface area contributed by atoms with Crippen LogP contribution in [-0.4, -0.2) is 72.9 Å². The lowest BCUT2D eigenvalue weighted by Crippen LogP contribution is -2.60. The number of hydrogen-bond donors (Lipinski definition) is 0. The number of rotatable bonds is 5. The summed E-state index contributed by atoms with van der Waals surface area (Å²) >= 11 is 0. The van der Waals surface area contributed by atoms with Gasteiger partial charge in [-0.2, -0.15) is 0 Å². The van der Waals surface area contributed by atoms with Crippen LogP contribution in [0.2, 0.25) is 0 Å². The average molecular weight is 469 g/mol. The second kappa shape index (κ2) is 7.67. The minimum atomic E-state index is -1.51. The molecule has 6 heteroatoms. The fraction of sp³-hybridized carbons (Fsp3) is 0.750. The Morgan fingerprint density at radius 1 is 0.971 bits per heavy atom. The number of nitrogens with zero attached hydrogens (tertiary/aromatic N) is 2. The average Bonchev–Trinajstić information content (AvgIpc) is 3.37. The van der Waals surface area contributed by atoms with E-state index in [0.29, 0.717) is 36.3 Å². The number of ether oxygens (including phenoxy) is 2. The number of benzene rings is 1. The highest BCUT2D eigenvalue weighted by atomic mass is 19.1. The van der Waals surface area contributed by atoms with Crippen molar-refractivity contribution in [2.24, 2.45) is 10.8 Å². The number of para-hydroxylation sites is 1. The summed E-state index contributed by atoms with van der Waals surface area (Å²) in [4.78, 5) is 16.8. The van der Waals surface area contributed by atoms with Crippen molar-refractivity contribution in [3.05, 3.63) is 29.8 Å². The first kappa shape index (κ1) is 21.6. The highest BCUT2D eigenvalue weighted by Gasteiger charge is 2.58. The summed E-state index contributed by atoms with van der Waals surface area (Å²) < 4.78 is 26.0. The van der Waals surface area contributed by atoms with Crippen molar-refractivity contribution < 1.29 is 18.7 Å². The standard InChI is InChI=1S/C28H37FN2O3/c29-28(9-10-28)25(32)31-16-26(17-31)8-5-21(13-26)30-11-6-20(7-12-30)23-3-1-2-4-24(23)34-22-14-27(15-22)18-33-19-27/h1-4,20-22H,5-19H2/t21-/m1/s1. The smallest absolute Gasteiger partial charge is 0.260 e. The van der Waals surface area contributed by atoms with Crippen LogP contribution in [0.4, 0.5) is 4.39 Å². The lowest BCUT2D eigenvalue weighted by molar-refractivity contribution is -0.191. The van der Waals surface area contributed by atoms with Crippen molar-refractivity contribution in [2.45, 2.75) is 81.5 Å². The Hall–Kier alpha value is -1.66. The second-order valence-corrected chi connectivity index (χ2v) is 12.5. The maximum absolute atomic E-state index is 14.1. The molecule has 0 bridgehead atoms. The zero-order chi connectivity index (χ0) is 23.0. The molecule has 0 radical (unpaired) electrons. The molecular weight excluding hydrogens is 431 g/mol. The first-order chi connectivity index (χ1) is 16.5. The van der Waals surface area contributed by atoms with Crippen molar-refractivity contribution >= 4 is 5.91 Å². The number of piperidine rings is 1.